The molecule has 3 nitrogen and oxygen atoms in total. The molecule has 1 fully saturated rings. The molecule has 0 aliphatic carbocycles. The van der Waals surface area contributed by atoms with Crippen LogP contribution in [0.25, 0.3) is 0 Å². The fourth-order valence-corrected chi connectivity index (χ4v) is 2.39. The van der Waals surface area contributed by atoms with Gasteiger partial charge in [-0.25, -0.2) is 4.39 Å². The van der Waals surface area contributed by atoms with Gasteiger partial charge in [0.1, 0.15) is 10.8 Å². The smallest absolute Gasteiger partial charge is 0.135 e. The van der Waals surface area contributed by atoms with Crippen LogP contribution in [-0.4, -0.2) is 23.2 Å². The first kappa shape index (κ1) is 13.2. The van der Waals surface area contributed by atoms with Crippen LogP contribution >= 0.6 is 12.2 Å². The van der Waals surface area contributed by atoms with Gasteiger partial charge in [0, 0.05) is 12.3 Å². The number of hydrogen-bond acceptors (Lipinski definition) is 3. The third-order valence-electron chi connectivity index (χ3n) is 3.57. The molecule has 0 spiro atoms. The highest BCUT2D eigenvalue weighted by Crippen LogP contribution is 2.31. The lowest BCUT2D eigenvalue weighted by atomic mass is 9.93. The number of benzene rings is 1. The molecule has 2 unspecified atom stereocenters. The van der Waals surface area contributed by atoms with Crippen molar-refractivity contribution in [3.05, 3.63) is 29.6 Å². The predicted molar refractivity (Wildman–Crippen MR) is 74.3 cm³/mol. The first-order valence-corrected chi connectivity index (χ1v) is 6.33. The van der Waals surface area contributed by atoms with E-state index in [1.165, 1.54) is 6.07 Å². The number of rotatable bonds is 3. The van der Waals surface area contributed by atoms with Gasteiger partial charge in [-0.05, 0) is 32.4 Å². The second kappa shape index (κ2) is 4.82. The second-order valence-corrected chi connectivity index (χ2v) is 5.27. The number of ether oxygens (including phenoxy) is 1. The van der Waals surface area contributed by atoms with E-state index in [0.717, 1.165) is 6.42 Å². The molecule has 0 radical (unpaired) electrons. The molecule has 5 heteroatoms. The predicted octanol–water partition coefficient (Wildman–Crippen LogP) is 2.44. The lowest BCUT2D eigenvalue weighted by molar-refractivity contribution is 0.105. The normalized spacial score (nSPS) is 27.2. The lowest BCUT2D eigenvalue weighted by Crippen LogP contribution is -2.41. The van der Waals surface area contributed by atoms with Crippen LogP contribution in [0.5, 0.6) is 0 Å². The summed E-state index contributed by atoms with van der Waals surface area (Å²) in [5, 5.41) is 3.33. The molecule has 0 saturated carbocycles. The van der Waals surface area contributed by atoms with Gasteiger partial charge in [0.05, 0.1) is 17.2 Å². The van der Waals surface area contributed by atoms with Crippen molar-refractivity contribution in [3.63, 3.8) is 0 Å². The summed E-state index contributed by atoms with van der Waals surface area (Å²) >= 11 is 4.91. The Morgan fingerprint density at radius 3 is 2.89 bits per heavy atom. The minimum absolute atomic E-state index is 0.0555. The Bertz CT molecular complexity index is 480. The van der Waals surface area contributed by atoms with Crippen LogP contribution in [0.15, 0.2) is 18.2 Å². The van der Waals surface area contributed by atoms with E-state index in [4.69, 9.17) is 22.7 Å². The van der Waals surface area contributed by atoms with Crippen LogP contribution in [0.2, 0.25) is 0 Å². The summed E-state index contributed by atoms with van der Waals surface area (Å²) in [6.45, 7) is 4.75. The maximum Gasteiger partial charge on any atom is 0.135 e. The van der Waals surface area contributed by atoms with Gasteiger partial charge in [-0.2, -0.15) is 0 Å². The van der Waals surface area contributed by atoms with Gasteiger partial charge >= 0.3 is 0 Å². The van der Waals surface area contributed by atoms with Crippen molar-refractivity contribution in [1.82, 2.24) is 0 Å². The first-order chi connectivity index (χ1) is 8.44. The van der Waals surface area contributed by atoms with Crippen molar-refractivity contribution in [2.24, 2.45) is 5.73 Å². The van der Waals surface area contributed by atoms with E-state index in [0.29, 0.717) is 12.3 Å². The molecule has 0 amide bonds. The number of nitrogens with one attached hydrogen (secondary N) is 1. The van der Waals surface area contributed by atoms with Gasteiger partial charge in [0.25, 0.3) is 0 Å². The topological polar surface area (TPSA) is 47.3 Å². The van der Waals surface area contributed by atoms with E-state index in [-0.39, 0.29) is 22.2 Å². The van der Waals surface area contributed by atoms with E-state index < -0.39 is 5.82 Å². The largest absolute Gasteiger partial charge is 0.389 e. The van der Waals surface area contributed by atoms with Crippen molar-refractivity contribution >= 4 is 22.9 Å². The molecule has 2 rings (SSSR count). The number of halogens is 1. The van der Waals surface area contributed by atoms with Gasteiger partial charge in [-0.1, -0.05) is 18.3 Å². The van der Waals surface area contributed by atoms with Crippen LogP contribution < -0.4 is 11.1 Å². The number of hydrogen-bond donors (Lipinski definition) is 2. The van der Waals surface area contributed by atoms with Gasteiger partial charge in [0.15, 0.2) is 0 Å². The zero-order chi connectivity index (χ0) is 13.3. The van der Waals surface area contributed by atoms with Crippen molar-refractivity contribution in [3.8, 4) is 0 Å². The highest BCUT2D eigenvalue weighted by atomic mass is 32.1. The van der Waals surface area contributed by atoms with E-state index in [1.54, 1.807) is 12.1 Å². The lowest BCUT2D eigenvalue weighted by Gasteiger charge is -2.31. The minimum Gasteiger partial charge on any atom is -0.389 e. The SMILES string of the molecule is CC1OCCC1(C)Nc1cccc(F)c1C(N)=S. The standard InChI is InChI=1S/C13H17FN2OS/c1-8-13(2,6-7-17-8)16-10-5-3-4-9(14)11(10)12(15)18/h3-5,8,16H,6-7H2,1-2H3,(H2,15,18). The molecular weight excluding hydrogens is 251 g/mol. The summed E-state index contributed by atoms with van der Waals surface area (Å²) in [5.41, 5.74) is 6.26. The maximum absolute atomic E-state index is 13.8. The quantitative estimate of drug-likeness (QED) is 0.827. The Morgan fingerprint density at radius 2 is 2.33 bits per heavy atom. The van der Waals surface area contributed by atoms with Crippen molar-refractivity contribution in [1.29, 1.82) is 0 Å². The molecule has 18 heavy (non-hydrogen) atoms. The van der Waals surface area contributed by atoms with Crippen molar-refractivity contribution < 1.29 is 9.13 Å². The highest BCUT2D eigenvalue weighted by molar-refractivity contribution is 7.80. The summed E-state index contributed by atoms with van der Waals surface area (Å²) < 4.78 is 19.3. The fourth-order valence-electron chi connectivity index (χ4n) is 2.19. The Hall–Kier alpha value is -1.20. The van der Waals surface area contributed by atoms with Crippen LogP contribution in [0.4, 0.5) is 10.1 Å². The van der Waals surface area contributed by atoms with Gasteiger partial charge in [-0.15, -0.1) is 0 Å². The van der Waals surface area contributed by atoms with Crippen LogP contribution in [0.1, 0.15) is 25.8 Å². The minimum atomic E-state index is -0.400. The van der Waals surface area contributed by atoms with Crippen LogP contribution in [-0.2, 0) is 4.74 Å². The number of anilines is 1. The molecule has 1 heterocycles. The summed E-state index contributed by atoms with van der Waals surface area (Å²) in [6, 6.07) is 4.79. The second-order valence-electron chi connectivity index (χ2n) is 4.83. The zero-order valence-corrected chi connectivity index (χ0v) is 11.3. The van der Waals surface area contributed by atoms with Gasteiger partial charge in [0.2, 0.25) is 0 Å². The average molecular weight is 268 g/mol. The number of nitrogens with two attached hydrogens (primary N) is 1. The summed E-state index contributed by atoms with van der Waals surface area (Å²) in [6.07, 6.45) is 0.918. The van der Waals surface area contributed by atoms with Crippen LogP contribution in [0.3, 0.4) is 0 Å². The fraction of sp³-hybridized carbons (Fsp3) is 0.462. The summed E-state index contributed by atoms with van der Waals surface area (Å²) in [4.78, 5) is 0.0609. The molecule has 1 saturated heterocycles. The zero-order valence-electron chi connectivity index (χ0n) is 10.5. The highest BCUT2D eigenvalue weighted by Gasteiger charge is 2.37. The van der Waals surface area contributed by atoms with E-state index >= 15 is 0 Å². The molecule has 2 atom stereocenters. The van der Waals surface area contributed by atoms with E-state index in [9.17, 15) is 4.39 Å². The molecule has 1 aliphatic heterocycles. The monoisotopic (exact) mass is 268 g/mol. The van der Waals surface area contributed by atoms with E-state index in [1.807, 2.05) is 6.92 Å². The maximum atomic E-state index is 13.8. The average Bonchev–Trinajstić information content (AvgIpc) is 2.58. The van der Waals surface area contributed by atoms with Gasteiger partial charge < -0.3 is 15.8 Å². The summed E-state index contributed by atoms with van der Waals surface area (Å²) in [7, 11) is 0. The van der Waals surface area contributed by atoms with E-state index in [2.05, 4.69) is 12.2 Å². The Balaban J connectivity index is 2.35. The molecule has 1 aliphatic rings. The molecule has 1 aromatic carbocycles. The molecule has 1 aromatic rings. The van der Waals surface area contributed by atoms with Crippen molar-refractivity contribution in [2.75, 3.05) is 11.9 Å². The van der Waals surface area contributed by atoms with Crippen molar-refractivity contribution in [2.45, 2.75) is 31.9 Å². The Labute approximate surface area is 112 Å². The molecule has 0 aromatic heterocycles. The summed E-state index contributed by atoms with van der Waals surface area (Å²) in [5.74, 6) is -0.400. The van der Waals surface area contributed by atoms with Gasteiger partial charge in [-0.3, -0.25) is 0 Å². The molecule has 3 N–H and O–H groups in total. The van der Waals surface area contributed by atoms with Crippen LogP contribution in [0, 0.1) is 5.82 Å². The third kappa shape index (κ3) is 2.33. The third-order valence-corrected chi connectivity index (χ3v) is 3.77. The molecular formula is C13H17FN2OS. The Morgan fingerprint density at radius 1 is 1.61 bits per heavy atom. The molecule has 98 valence electrons. The molecule has 0 bridgehead atoms. The number of thiocarbonyl (C=S) groups is 1. The first-order valence-electron chi connectivity index (χ1n) is 5.92. The Kier molecular flexibility index (Phi) is 3.54.